The predicted octanol–water partition coefficient (Wildman–Crippen LogP) is 0.500. The molecule has 0 heterocycles. The fourth-order valence-corrected chi connectivity index (χ4v) is 1.78. The van der Waals surface area contributed by atoms with E-state index in [-0.39, 0.29) is 25.7 Å². The monoisotopic (exact) mass is 291 g/mol. The average molecular weight is 291 g/mol. The molecule has 1 atom stereocenters. The van der Waals surface area contributed by atoms with E-state index in [0.29, 0.717) is 12.0 Å². The molecule has 0 saturated heterocycles. The van der Waals surface area contributed by atoms with Gasteiger partial charge in [-0.1, -0.05) is 11.8 Å². The van der Waals surface area contributed by atoms with Crippen LogP contribution in [0.25, 0.3) is 0 Å². The van der Waals surface area contributed by atoms with Crippen LogP contribution in [0.3, 0.4) is 0 Å². The molecule has 1 aromatic rings. The number of aliphatic hydroxyl groups is 2. The van der Waals surface area contributed by atoms with E-state index >= 15 is 0 Å². The van der Waals surface area contributed by atoms with Gasteiger partial charge in [-0.25, -0.2) is 0 Å². The highest BCUT2D eigenvalue weighted by Gasteiger charge is 2.15. The summed E-state index contributed by atoms with van der Waals surface area (Å²) in [6, 6.07) is 6.92. The number of hydrogen-bond acceptors (Lipinski definition) is 4. The second-order valence-corrected chi connectivity index (χ2v) is 4.65. The molecule has 0 aliphatic heterocycles. The fourth-order valence-electron chi connectivity index (χ4n) is 1.78. The molecule has 21 heavy (non-hydrogen) atoms. The highest BCUT2D eigenvalue weighted by Crippen LogP contribution is 2.07. The smallest absolute Gasteiger partial charge is 0.253 e. The Kier molecular flexibility index (Phi) is 7.48. The lowest BCUT2D eigenvalue weighted by Crippen LogP contribution is -2.36. The van der Waals surface area contributed by atoms with Crippen LogP contribution in [-0.4, -0.2) is 61.0 Å². The molecule has 0 aromatic heterocycles. The van der Waals surface area contributed by atoms with Crippen molar-refractivity contribution in [2.75, 3.05) is 33.9 Å². The normalized spacial score (nSPS) is 11.4. The van der Waals surface area contributed by atoms with E-state index in [4.69, 9.17) is 9.84 Å². The minimum Gasteiger partial charge on any atom is -0.395 e. The highest BCUT2D eigenvalue weighted by molar-refractivity contribution is 5.94. The van der Waals surface area contributed by atoms with Crippen LogP contribution in [0, 0.1) is 11.8 Å². The van der Waals surface area contributed by atoms with Gasteiger partial charge in [-0.05, 0) is 24.3 Å². The Morgan fingerprint density at radius 3 is 2.62 bits per heavy atom. The number of carbonyl (C=O) groups excluding carboxylic acids is 1. The zero-order valence-electron chi connectivity index (χ0n) is 12.4. The van der Waals surface area contributed by atoms with Crippen LogP contribution >= 0.6 is 0 Å². The van der Waals surface area contributed by atoms with E-state index in [0.717, 1.165) is 5.56 Å². The second-order valence-electron chi connectivity index (χ2n) is 4.65. The largest absolute Gasteiger partial charge is 0.395 e. The first-order valence-electron chi connectivity index (χ1n) is 6.70. The van der Waals surface area contributed by atoms with Gasteiger partial charge in [0, 0.05) is 38.2 Å². The molecule has 0 aliphatic rings. The molecule has 1 rings (SSSR count). The van der Waals surface area contributed by atoms with Gasteiger partial charge in [0.25, 0.3) is 5.91 Å². The Hall–Kier alpha value is -1.87. The molecule has 5 nitrogen and oxygen atoms in total. The molecule has 1 unspecified atom stereocenters. The first kappa shape index (κ1) is 17.2. The second kappa shape index (κ2) is 9.14. The summed E-state index contributed by atoms with van der Waals surface area (Å²) in [6.07, 6.45) is -0.270. The zero-order chi connectivity index (χ0) is 15.7. The molecular formula is C16H21NO4. The number of nitrogens with zero attached hydrogens (tertiary/aromatic N) is 1. The number of hydrogen-bond donors (Lipinski definition) is 2. The van der Waals surface area contributed by atoms with Crippen molar-refractivity contribution >= 4 is 5.91 Å². The lowest BCUT2D eigenvalue weighted by molar-refractivity contribution is 0.0380. The van der Waals surface area contributed by atoms with Crippen molar-refractivity contribution in [3.05, 3.63) is 35.4 Å². The number of methoxy groups -OCH3 is 1. The van der Waals surface area contributed by atoms with Gasteiger partial charge in [0.05, 0.1) is 19.3 Å². The maximum atomic E-state index is 12.2. The maximum absolute atomic E-state index is 12.2. The Morgan fingerprint density at radius 2 is 2.05 bits per heavy atom. The van der Waals surface area contributed by atoms with Crippen LogP contribution in [0.1, 0.15) is 22.3 Å². The summed E-state index contributed by atoms with van der Waals surface area (Å²) >= 11 is 0. The van der Waals surface area contributed by atoms with Crippen LogP contribution in [0.2, 0.25) is 0 Å². The molecule has 1 aromatic carbocycles. The maximum Gasteiger partial charge on any atom is 0.253 e. The van der Waals surface area contributed by atoms with Crippen molar-refractivity contribution < 1.29 is 19.7 Å². The van der Waals surface area contributed by atoms with Crippen LogP contribution < -0.4 is 0 Å². The minimum absolute atomic E-state index is 0.0398. The Balaban J connectivity index is 2.64. The van der Waals surface area contributed by atoms with E-state index in [2.05, 4.69) is 11.8 Å². The number of carbonyl (C=O) groups is 1. The third-order valence-corrected chi connectivity index (χ3v) is 2.79. The molecular weight excluding hydrogens is 270 g/mol. The Bertz CT molecular complexity index is 501. The quantitative estimate of drug-likeness (QED) is 0.749. The summed E-state index contributed by atoms with van der Waals surface area (Å²) in [6.45, 7) is 0.444. The number of ether oxygens (including phenoxy) is 1. The van der Waals surface area contributed by atoms with Crippen molar-refractivity contribution in [2.24, 2.45) is 0 Å². The van der Waals surface area contributed by atoms with Gasteiger partial charge >= 0.3 is 0 Å². The molecule has 0 fully saturated rings. The standard InChI is InChI=1S/C16H21NO4/c1-17(11-15(19)12-21-2)16(20)14-8-6-13(7-9-14)5-3-4-10-18/h6-9,15,18-19H,4,10-12H2,1-2H3. The third kappa shape index (κ3) is 5.96. The fraction of sp³-hybridized carbons (Fsp3) is 0.438. The van der Waals surface area contributed by atoms with E-state index < -0.39 is 6.10 Å². The average Bonchev–Trinajstić information content (AvgIpc) is 2.47. The summed E-state index contributed by atoms with van der Waals surface area (Å²) in [4.78, 5) is 13.6. The number of amides is 1. The predicted molar refractivity (Wildman–Crippen MR) is 79.9 cm³/mol. The van der Waals surface area contributed by atoms with E-state index in [1.54, 1.807) is 31.3 Å². The van der Waals surface area contributed by atoms with Crippen LogP contribution in [-0.2, 0) is 4.74 Å². The van der Waals surface area contributed by atoms with Crippen molar-refractivity contribution in [2.45, 2.75) is 12.5 Å². The SMILES string of the molecule is COCC(O)CN(C)C(=O)c1ccc(C#CCCO)cc1. The summed E-state index contributed by atoms with van der Waals surface area (Å²) < 4.78 is 4.83. The summed E-state index contributed by atoms with van der Waals surface area (Å²) in [5.41, 5.74) is 1.33. The zero-order valence-corrected chi connectivity index (χ0v) is 12.4. The van der Waals surface area contributed by atoms with Crippen molar-refractivity contribution in [1.29, 1.82) is 0 Å². The summed E-state index contributed by atoms with van der Waals surface area (Å²) in [5.74, 6) is 5.55. The third-order valence-electron chi connectivity index (χ3n) is 2.79. The summed E-state index contributed by atoms with van der Waals surface area (Å²) in [5, 5.41) is 18.3. The lowest BCUT2D eigenvalue weighted by atomic mass is 10.1. The molecule has 0 saturated carbocycles. The van der Waals surface area contributed by atoms with Crippen molar-refractivity contribution in [3.63, 3.8) is 0 Å². The number of rotatable bonds is 6. The van der Waals surface area contributed by atoms with Crippen LogP contribution in [0.15, 0.2) is 24.3 Å². The first-order chi connectivity index (χ1) is 10.1. The number of likely N-dealkylation sites (N-methyl/N-ethyl adjacent to an activating group) is 1. The molecule has 0 radical (unpaired) electrons. The lowest BCUT2D eigenvalue weighted by Gasteiger charge is -2.20. The van der Waals surface area contributed by atoms with Crippen LogP contribution in [0.5, 0.6) is 0 Å². The van der Waals surface area contributed by atoms with Gasteiger partial charge in [0.15, 0.2) is 0 Å². The van der Waals surface area contributed by atoms with Crippen molar-refractivity contribution in [1.82, 2.24) is 4.90 Å². The van der Waals surface area contributed by atoms with E-state index in [9.17, 15) is 9.90 Å². The van der Waals surface area contributed by atoms with Gasteiger partial charge in [-0.2, -0.15) is 0 Å². The summed E-state index contributed by atoms with van der Waals surface area (Å²) in [7, 11) is 3.14. The molecule has 0 aliphatic carbocycles. The molecule has 2 N–H and O–H groups in total. The molecule has 0 spiro atoms. The van der Waals surface area contributed by atoms with Gasteiger partial charge < -0.3 is 19.8 Å². The van der Waals surface area contributed by atoms with Crippen LogP contribution in [0.4, 0.5) is 0 Å². The minimum atomic E-state index is -0.701. The molecule has 0 bridgehead atoms. The van der Waals surface area contributed by atoms with Gasteiger partial charge in [0.1, 0.15) is 0 Å². The van der Waals surface area contributed by atoms with Gasteiger partial charge in [-0.3, -0.25) is 4.79 Å². The first-order valence-corrected chi connectivity index (χ1v) is 6.70. The number of benzene rings is 1. The molecule has 114 valence electrons. The van der Waals surface area contributed by atoms with Crippen molar-refractivity contribution in [3.8, 4) is 11.8 Å². The highest BCUT2D eigenvalue weighted by atomic mass is 16.5. The van der Waals surface area contributed by atoms with E-state index in [1.165, 1.54) is 12.0 Å². The van der Waals surface area contributed by atoms with E-state index in [1.807, 2.05) is 0 Å². The molecule has 1 amide bonds. The van der Waals surface area contributed by atoms with Gasteiger partial charge in [-0.15, -0.1) is 0 Å². The molecule has 5 heteroatoms. The van der Waals surface area contributed by atoms with Gasteiger partial charge in [0.2, 0.25) is 0 Å². The Morgan fingerprint density at radius 1 is 1.38 bits per heavy atom. The topological polar surface area (TPSA) is 70.0 Å². The Labute approximate surface area is 125 Å². The number of aliphatic hydroxyl groups excluding tert-OH is 2.